The lowest BCUT2D eigenvalue weighted by Gasteiger charge is -2.17. The largest absolute Gasteiger partial charge is 0.388 e. The van der Waals surface area contributed by atoms with E-state index >= 15 is 0 Å². The molecule has 0 aliphatic heterocycles. The van der Waals surface area contributed by atoms with Crippen molar-refractivity contribution in [2.45, 2.75) is 58.0 Å². The second kappa shape index (κ2) is 9.74. The number of carbonyl (C=O) groups is 1. The summed E-state index contributed by atoms with van der Waals surface area (Å²) in [6, 6.07) is 9.46. The van der Waals surface area contributed by atoms with Gasteiger partial charge in [0.05, 0.1) is 6.10 Å². The summed E-state index contributed by atoms with van der Waals surface area (Å²) in [7, 11) is 0. The SMILES string of the molecule is CCCCCCCC[C@H](C=O)[C@@H](O)c1ccccc1. The molecule has 1 rings (SSSR count). The molecule has 19 heavy (non-hydrogen) atoms. The highest BCUT2D eigenvalue weighted by Gasteiger charge is 2.19. The van der Waals surface area contributed by atoms with Crippen LogP contribution in [0.5, 0.6) is 0 Å². The third-order valence-corrected chi connectivity index (χ3v) is 3.61. The van der Waals surface area contributed by atoms with E-state index in [4.69, 9.17) is 0 Å². The van der Waals surface area contributed by atoms with E-state index in [0.29, 0.717) is 0 Å². The van der Waals surface area contributed by atoms with Crippen molar-refractivity contribution in [2.24, 2.45) is 5.92 Å². The van der Waals surface area contributed by atoms with Crippen molar-refractivity contribution >= 4 is 6.29 Å². The van der Waals surface area contributed by atoms with E-state index in [9.17, 15) is 9.90 Å². The number of hydrogen-bond acceptors (Lipinski definition) is 2. The van der Waals surface area contributed by atoms with Gasteiger partial charge in [0, 0.05) is 5.92 Å². The Morgan fingerprint density at radius 2 is 1.68 bits per heavy atom. The fourth-order valence-electron chi connectivity index (χ4n) is 2.36. The van der Waals surface area contributed by atoms with Gasteiger partial charge in [-0.25, -0.2) is 0 Å². The number of unbranched alkanes of at least 4 members (excludes halogenated alkanes) is 5. The van der Waals surface area contributed by atoms with E-state index in [1.165, 1.54) is 25.7 Å². The van der Waals surface area contributed by atoms with Crippen LogP contribution in [0, 0.1) is 5.92 Å². The molecule has 2 nitrogen and oxygen atoms in total. The highest BCUT2D eigenvalue weighted by Crippen LogP contribution is 2.25. The molecule has 0 heterocycles. The van der Waals surface area contributed by atoms with Gasteiger partial charge in [-0.3, -0.25) is 0 Å². The lowest BCUT2D eigenvalue weighted by molar-refractivity contribution is -0.114. The van der Waals surface area contributed by atoms with Gasteiger partial charge in [0.15, 0.2) is 0 Å². The van der Waals surface area contributed by atoms with Gasteiger partial charge < -0.3 is 9.90 Å². The minimum Gasteiger partial charge on any atom is -0.388 e. The zero-order chi connectivity index (χ0) is 13.9. The molecule has 0 aliphatic carbocycles. The lowest BCUT2D eigenvalue weighted by Crippen LogP contribution is -2.14. The molecule has 106 valence electrons. The van der Waals surface area contributed by atoms with Crippen LogP contribution >= 0.6 is 0 Å². The average molecular weight is 262 g/mol. The maximum atomic E-state index is 11.1. The molecule has 0 fully saturated rings. The van der Waals surface area contributed by atoms with Crippen molar-refractivity contribution in [2.75, 3.05) is 0 Å². The first-order valence-electron chi connectivity index (χ1n) is 7.48. The molecule has 0 aliphatic rings. The third-order valence-electron chi connectivity index (χ3n) is 3.61. The summed E-state index contributed by atoms with van der Waals surface area (Å²) < 4.78 is 0. The Hall–Kier alpha value is -1.15. The predicted molar refractivity (Wildman–Crippen MR) is 78.9 cm³/mol. The van der Waals surface area contributed by atoms with Gasteiger partial charge in [-0.05, 0) is 12.0 Å². The van der Waals surface area contributed by atoms with E-state index in [0.717, 1.165) is 31.1 Å². The summed E-state index contributed by atoms with van der Waals surface area (Å²) in [5.41, 5.74) is 0.839. The van der Waals surface area contributed by atoms with Crippen LogP contribution in [-0.4, -0.2) is 11.4 Å². The molecular formula is C17H26O2. The Labute approximate surface area is 116 Å². The summed E-state index contributed by atoms with van der Waals surface area (Å²) in [4.78, 5) is 11.1. The third kappa shape index (κ3) is 6.02. The maximum absolute atomic E-state index is 11.1. The van der Waals surface area contributed by atoms with Gasteiger partial charge in [-0.1, -0.05) is 75.8 Å². The highest BCUT2D eigenvalue weighted by molar-refractivity contribution is 5.55. The highest BCUT2D eigenvalue weighted by atomic mass is 16.3. The average Bonchev–Trinajstić information content (AvgIpc) is 2.47. The minimum atomic E-state index is -0.658. The zero-order valence-corrected chi connectivity index (χ0v) is 11.9. The Balaban J connectivity index is 2.31. The summed E-state index contributed by atoms with van der Waals surface area (Å²) >= 11 is 0. The fourth-order valence-corrected chi connectivity index (χ4v) is 2.36. The predicted octanol–water partition coefficient (Wildman–Crippen LogP) is 4.29. The van der Waals surface area contributed by atoms with E-state index in [1.807, 2.05) is 30.3 Å². The monoisotopic (exact) mass is 262 g/mol. The van der Waals surface area contributed by atoms with Crippen molar-refractivity contribution in [3.8, 4) is 0 Å². The molecule has 0 unspecified atom stereocenters. The van der Waals surface area contributed by atoms with Crippen molar-refractivity contribution in [3.05, 3.63) is 35.9 Å². The fraction of sp³-hybridized carbons (Fsp3) is 0.588. The summed E-state index contributed by atoms with van der Waals surface area (Å²) in [5.74, 6) is -0.270. The van der Waals surface area contributed by atoms with Crippen LogP contribution in [0.25, 0.3) is 0 Å². The van der Waals surface area contributed by atoms with Crippen LogP contribution in [0.2, 0.25) is 0 Å². The topological polar surface area (TPSA) is 37.3 Å². The van der Waals surface area contributed by atoms with Gasteiger partial charge in [0.25, 0.3) is 0 Å². The van der Waals surface area contributed by atoms with Crippen LogP contribution < -0.4 is 0 Å². The van der Waals surface area contributed by atoms with Crippen molar-refractivity contribution in [1.82, 2.24) is 0 Å². The molecule has 2 heteroatoms. The number of aliphatic hydroxyl groups excluding tert-OH is 1. The zero-order valence-electron chi connectivity index (χ0n) is 11.9. The number of benzene rings is 1. The van der Waals surface area contributed by atoms with Gasteiger partial charge in [-0.15, -0.1) is 0 Å². The molecular weight excluding hydrogens is 236 g/mol. The van der Waals surface area contributed by atoms with Gasteiger partial charge in [-0.2, -0.15) is 0 Å². The molecule has 1 N–H and O–H groups in total. The lowest BCUT2D eigenvalue weighted by atomic mass is 9.92. The first-order chi connectivity index (χ1) is 9.29. The standard InChI is InChI=1S/C17H26O2/c1-2-3-4-5-6-8-13-16(14-18)17(19)15-11-9-7-10-12-15/h7,9-12,14,16-17,19H,2-6,8,13H2,1H3/t16-,17+/m1/s1. The molecule has 1 aromatic rings. The molecule has 0 saturated carbocycles. The Morgan fingerprint density at radius 1 is 1.05 bits per heavy atom. The number of hydrogen-bond donors (Lipinski definition) is 1. The normalized spacial score (nSPS) is 14.0. The van der Waals surface area contributed by atoms with Crippen molar-refractivity contribution in [1.29, 1.82) is 0 Å². The van der Waals surface area contributed by atoms with Crippen molar-refractivity contribution < 1.29 is 9.90 Å². The van der Waals surface area contributed by atoms with E-state index in [2.05, 4.69) is 6.92 Å². The number of aldehydes is 1. The van der Waals surface area contributed by atoms with Gasteiger partial charge in [0.1, 0.15) is 6.29 Å². The minimum absolute atomic E-state index is 0.270. The number of rotatable bonds is 10. The maximum Gasteiger partial charge on any atom is 0.126 e. The Bertz CT molecular complexity index is 334. The van der Waals surface area contributed by atoms with Crippen molar-refractivity contribution in [3.63, 3.8) is 0 Å². The molecule has 0 amide bonds. The second-order valence-corrected chi connectivity index (χ2v) is 5.21. The second-order valence-electron chi connectivity index (χ2n) is 5.21. The van der Waals surface area contributed by atoms with Crippen LogP contribution in [0.1, 0.15) is 63.5 Å². The van der Waals surface area contributed by atoms with E-state index in [1.54, 1.807) is 0 Å². The van der Waals surface area contributed by atoms with Gasteiger partial charge in [0.2, 0.25) is 0 Å². The summed E-state index contributed by atoms with van der Waals surface area (Å²) in [6.07, 6.45) is 8.28. The van der Waals surface area contributed by atoms with Crippen LogP contribution in [-0.2, 0) is 4.79 Å². The number of aliphatic hydroxyl groups is 1. The molecule has 1 aromatic carbocycles. The van der Waals surface area contributed by atoms with Crippen LogP contribution in [0.3, 0.4) is 0 Å². The van der Waals surface area contributed by atoms with Crippen LogP contribution in [0.15, 0.2) is 30.3 Å². The van der Waals surface area contributed by atoms with Gasteiger partial charge >= 0.3 is 0 Å². The quantitative estimate of drug-likeness (QED) is 0.504. The molecule has 2 atom stereocenters. The molecule has 0 saturated heterocycles. The van der Waals surface area contributed by atoms with Crippen LogP contribution in [0.4, 0.5) is 0 Å². The summed E-state index contributed by atoms with van der Waals surface area (Å²) in [5, 5.41) is 10.2. The number of carbonyl (C=O) groups excluding carboxylic acids is 1. The first-order valence-corrected chi connectivity index (χ1v) is 7.48. The Kier molecular flexibility index (Phi) is 8.15. The smallest absolute Gasteiger partial charge is 0.126 e. The molecule has 0 spiro atoms. The molecule has 0 aromatic heterocycles. The first kappa shape index (κ1) is 15.9. The summed E-state index contributed by atoms with van der Waals surface area (Å²) in [6.45, 7) is 2.21. The van der Waals surface area contributed by atoms with E-state index < -0.39 is 6.10 Å². The Morgan fingerprint density at radius 3 is 2.32 bits per heavy atom. The molecule has 0 radical (unpaired) electrons. The molecule has 0 bridgehead atoms. The van der Waals surface area contributed by atoms with E-state index in [-0.39, 0.29) is 5.92 Å².